The van der Waals surface area contributed by atoms with E-state index in [1.165, 1.54) is 16.4 Å². The highest BCUT2D eigenvalue weighted by Gasteiger charge is 2.31. The van der Waals surface area contributed by atoms with Crippen molar-refractivity contribution in [2.24, 2.45) is 7.05 Å². The van der Waals surface area contributed by atoms with Gasteiger partial charge in [-0.05, 0) is 61.0 Å². The molecule has 1 amide bonds. The Morgan fingerprint density at radius 3 is 2.15 bits per heavy atom. The van der Waals surface area contributed by atoms with E-state index in [-0.39, 0.29) is 11.3 Å². The molecule has 1 N–H and O–H groups in total. The van der Waals surface area contributed by atoms with Gasteiger partial charge in [-0.25, -0.2) is 4.68 Å². The van der Waals surface area contributed by atoms with Crippen molar-refractivity contribution in [1.82, 2.24) is 9.36 Å². The Morgan fingerprint density at radius 2 is 1.54 bits per heavy atom. The van der Waals surface area contributed by atoms with Gasteiger partial charge >= 0.3 is 0 Å². The average Bonchev–Trinajstić information content (AvgIpc) is 3.45. The number of rotatable bonds is 5. The number of anilines is 2. The average molecular weight is 574 g/mol. The van der Waals surface area contributed by atoms with Crippen LogP contribution in [0.2, 0.25) is 10.0 Å². The number of aromatic nitrogens is 2. The molecule has 194 valence electrons. The molecule has 0 saturated heterocycles. The fourth-order valence-electron chi connectivity index (χ4n) is 4.25. The third kappa shape index (κ3) is 5.00. The third-order valence-electron chi connectivity index (χ3n) is 6.30. The minimum Gasteiger partial charge on any atom is -0.315 e. The van der Waals surface area contributed by atoms with Gasteiger partial charge in [0.2, 0.25) is 0 Å². The van der Waals surface area contributed by atoms with Gasteiger partial charge in [-0.2, -0.15) is 5.26 Å². The summed E-state index contributed by atoms with van der Waals surface area (Å²) in [5.74, 6) is -0.685. The first-order chi connectivity index (χ1) is 18.8. The van der Waals surface area contributed by atoms with Gasteiger partial charge in [-0.3, -0.25) is 14.3 Å². The summed E-state index contributed by atoms with van der Waals surface area (Å²) < 4.78 is 3.13. The van der Waals surface area contributed by atoms with E-state index in [4.69, 9.17) is 23.2 Å². The van der Waals surface area contributed by atoms with Gasteiger partial charge in [-0.15, -0.1) is 0 Å². The Balaban J connectivity index is 1.56. The molecule has 0 saturated carbocycles. The Labute approximate surface area is 239 Å². The summed E-state index contributed by atoms with van der Waals surface area (Å²) in [6, 6.07) is 25.6. The van der Waals surface area contributed by atoms with Crippen molar-refractivity contribution in [1.29, 1.82) is 5.26 Å². The number of amides is 1. The molecule has 7 nitrogen and oxygen atoms in total. The maximum Gasteiger partial charge on any atom is 0.295 e. The van der Waals surface area contributed by atoms with Crippen LogP contribution in [0.25, 0.3) is 11.4 Å². The molecular formula is C29H21Cl2N5O2S. The molecule has 39 heavy (non-hydrogen) atoms. The number of carbonyl (C=O) groups is 1. The van der Waals surface area contributed by atoms with Crippen molar-refractivity contribution in [3.63, 3.8) is 0 Å². The molecule has 1 aromatic heterocycles. The summed E-state index contributed by atoms with van der Waals surface area (Å²) in [5, 5.41) is 16.3. The van der Waals surface area contributed by atoms with Gasteiger partial charge in [0.1, 0.15) is 22.4 Å². The number of hydrogen-bond acceptors (Lipinski definition) is 5. The molecule has 0 fully saturated rings. The van der Waals surface area contributed by atoms with Crippen LogP contribution in [0, 0.1) is 18.3 Å². The van der Waals surface area contributed by atoms with Crippen LogP contribution in [-0.2, 0) is 11.8 Å². The SMILES string of the molecule is Cc1c(NC(=O)/C(C#N)=C2\SC=C(c3ccc(Cl)cc3)N2c2ccc(Cl)cc2)c(=O)n(-c2ccccc2)n1C. The lowest BCUT2D eigenvalue weighted by atomic mass is 10.1. The van der Waals surface area contributed by atoms with Crippen molar-refractivity contribution in [3.05, 3.63) is 127 Å². The minimum atomic E-state index is -0.685. The highest BCUT2D eigenvalue weighted by Crippen LogP contribution is 2.45. The second kappa shape index (κ2) is 10.9. The van der Waals surface area contributed by atoms with Crippen LogP contribution >= 0.6 is 35.0 Å². The minimum absolute atomic E-state index is 0.103. The van der Waals surface area contributed by atoms with Gasteiger partial charge in [0, 0.05) is 28.2 Å². The maximum absolute atomic E-state index is 13.6. The fraction of sp³-hybridized carbons (Fsp3) is 0.0690. The summed E-state index contributed by atoms with van der Waals surface area (Å²) >= 11 is 13.5. The van der Waals surface area contributed by atoms with Crippen LogP contribution < -0.4 is 15.8 Å². The molecule has 0 unspecified atom stereocenters. The number of nitriles is 1. The molecule has 2 heterocycles. The fourth-order valence-corrected chi connectivity index (χ4v) is 5.53. The normalized spacial score (nSPS) is 14.1. The van der Waals surface area contributed by atoms with Gasteiger partial charge in [0.05, 0.1) is 17.1 Å². The van der Waals surface area contributed by atoms with E-state index in [0.717, 1.165) is 11.3 Å². The lowest BCUT2D eigenvalue weighted by Crippen LogP contribution is -2.25. The number of para-hydroxylation sites is 1. The number of benzene rings is 3. The van der Waals surface area contributed by atoms with E-state index >= 15 is 0 Å². The topological polar surface area (TPSA) is 83.1 Å². The second-order valence-corrected chi connectivity index (χ2v) is 10.4. The molecule has 10 heteroatoms. The molecule has 0 aliphatic carbocycles. The Hall–Kier alpha value is -4.16. The lowest BCUT2D eigenvalue weighted by Gasteiger charge is -2.24. The van der Waals surface area contributed by atoms with E-state index in [9.17, 15) is 14.9 Å². The predicted octanol–water partition coefficient (Wildman–Crippen LogP) is 6.72. The third-order valence-corrected chi connectivity index (χ3v) is 7.75. The summed E-state index contributed by atoms with van der Waals surface area (Å²) in [5.41, 5.74) is 3.10. The Bertz CT molecular complexity index is 1730. The summed E-state index contributed by atoms with van der Waals surface area (Å²) in [7, 11) is 1.74. The number of halogens is 2. The summed E-state index contributed by atoms with van der Waals surface area (Å²) in [6.45, 7) is 1.74. The standard InChI is InChI=1S/C29H21Cl2N5O2S/c1-18-26(28(38)36(34(18)2)23-6-4-3-5-7-23)33-27(37)24(16-32)29-35(22-14-12-21(31)13-15-22)25(17-39-29)19-8-10-20(30)11-9-19/h3-15,17H,1-2H3,(H,33,37)/b29-24-. The molecular weight excluding hydrogens is 553 g/mol. The molecule has 4 aromatic rings. The Morgan fingerprint density at radius 1 is 0.923 bits per heavy atom. The summed E-state index contributed by atoms with van der Waals surface area (Å²) in [6.07, 6.45) is 0. The zero-order valence-corrected chi connectivity index (χ0v) is 23.2. The van der Waals surface area contributed by atoms with Gasteiger partial charge in [-0.1, -0.05) is 65.3 Å². The largest absolute Gasteiger partial charge is 0.315 e. The van der Waals surface area contributed by atoms with Crippen molar-refractivity contribution < 1.29 is 4.79 Å². The molecule has 0 bridgehead atoms. The molecule has 5 rings (SSSR count). The van der Waals surface area contributed by atoms with E-state index in [1.54, 1.807) is 55.1 Å². The van der Waals surface area contributed by atoms with Crippen molar-refractivity contribution in [3.8, 4) is 11.8 Å². The first kappa shape index (κ1) is 26.4. The lowest BCUT2D eigenvalue weighted by molar-refractivity contribution is -0.112. The van der Waals surface area contributed by atoms with Crippen LogP contribution in [0.3, 0.4) is 0 Å². The molecule has 0 radical (unpaired) electrons. The van der Waals surface area contributed by atoms with Crippen LogP contribution in [0.15, 0.2) is 99.7 Å². The molecule has 0 atom stereocenters. The van der Waals surface area contributed by atoms with Crippen molar-refractivity contribution in [2.75, 3.05) is 10.2 Å². The highest BCUT2D eigenvalue weighted by atomic mass is 35.5. The smallest absolute Gasteiger partial charge is 0.295 e. The first-order valence-corrected chi connectivity index (χ1v) is 13.4. The van der Waals surface area contributed by atoms with E-state index < -0.39 is 11.5 Å². The Kier molecular flexibility index (Phi) is 7.40. The van der Waals surface area contributed by atoms with Crippen LogP contribution in [0.1, 0.15) is 11.3 Å². The van der Waals surface area contributed by atoms with E-state index in [2.05, 4.69) is 11.4 Å². The quantitative estimate of drug-likeness (QED) is 0.212. The van der Waals surface area contributed by atoms with E-state index in [0.29, 0.717) is 32.1 Å². The van der Waals surface area contributed by atoms with Gasteiger partial charge in [0.25, 0.3) is 11.5 Å². The number of carbonyl (C=O) groups excluding carboxylic acids is 1. The zero-order chi connectivity index (χ0) is 27.7. The first-order valence-electron chi connectivity index (χ1n) is 11.8. The van der Waals surface area contributed by atoms with Gasteiger partial charge < -0.3 is 10.2 Å². The monoisotopic (exact) mass is 573 g/mol. The summed E-state index contributed by atoms with van der Waals surface area (Å²) in [4.78, 5) is 28.7. The second-order valence-electron chi connectivity index (χ2n) is 8.62. The van der Waals surface area contributed by atoms with Crippen molar-refractivity contribution in [2.45, 2.75) is 6.92 Å². The van der Waals surface area contributed by atoms with Crippen LogP contribution in [0.5, 0.6) is 0 Å². The zero-order valence-electron chi connectivity index (χ0n) is 20.9. The number of thioether (sulfide) groups is 1. The molecule has 3 aromatic carbocycles. The molecule has 0 spiro atoms. The van der Waals surface area contributed by atoms with E-state index in [1.807, 2.05) is 52.8 Å². The van der Waals surface area contributed by atoms with Crippen molar-refractivity contribution >= 4 is 57.9 Å². The van der Waals surface area contributed by atoms with Gasteiger partial charge in [0.15, 0.2) is 0 Å². The molecule has 1 aliphatic rings. The number of nitrogens with one attached hydrogen (secondary N) is 1. The number of hydrogen-bond donors (Lipinski definition) is 1. The van der Waals surface area contributed by atoms with Crippen LogP contribution in [-0.4, -0.2) is 15.3 Å². The highest BCUT2D eigenvalue weighted by molar-refractivity contribution is 8.06. The maximum atomic E-state index is 13.6. The molecule has 1 aliphatic heterocycles. The van der Waals surface area contributed by atoms with Crippen LogP contribution in [0.4, 0.5) is 11.4 Å². The predicted molar refractivity (Wildman–Crippen MR) is 158 cm³/mol. The number of nitrogens with zero attached hydrogens (tertiary/aromatic N) is 4.